The Hall–Kier alpha value is -1.30. The number of amidine groups is 1. The van der Waals surface area contributed by atoms with Crippen molar-refractivity contribution in [2.75, 3.05) is 5.75 Å². The molecule has 0 fully saturated rings. The Kier molecular flexibility index (Phi) is 6.26. The SMILES string of the molecule is CC(C)(CCCCSc1cc(F)ccc1F)/C(N)=N/O. The molecular formula is C14H20F2N2OS. The summed E-state index contributed by atoms with van der Waals surface area (Å²) in [6, 6.07) is 3.46. The van der Waals surface area contributed by atoms with Gasteiger partial charge in [-0.2, -0.15) is 0 Å². The standard InChI is InChI=1S/C14H20F2N2OS/c1-14(2,13(17)18-19)7-3-4-8-20-12-9-10(15)5-6-11(12)16/h5-6,9,19H,3-4,7-8H2,1-2H3,(H2,17,18). The maximum atomic E-state index is 13.4. The molecule has 0 aliphatic carbocycles. The number of rotatable bonds is 7. The lowest BCUT2D eigenvalue weighted by Gasteiger charge is -2.22. The van der Waals surface area contributed by atoms with Crippen LogP contribution in [-0.4, -0.2) is 16.8 Å². The average molecular weight is 302 g/mol. The molecule has 6 heteroatoms. The zero-order chi connectivity index (χ0) is 15.2. The monoisotopic (exact) mass is 302 g/mol. The van der Waals surface area contributed by atoms with Crippen LogP contribution in [0.2, 0.25) is 0 Å². The Morgan fingerprint density at radius 1 is 1.35 bits per heavy atom. The highest BCUT2D eigenvalue weighted by molar-refractivity contribution is 7.99. The topological polar surface area (TPSA) is 58.6 Å². The predicted octanol–water partition coefficient (Wildman–Crippen LogP) is 4.00. The quantitative estimate of drug-likeness (QED) is 0.200. The lowest BCUT2D eigenvalue weighted by atomic mass is 9.86. The molecule has 1 aromatic rings. The lowest BCUT2D eigenvalue weighted by Crippen LogP contribution is -2.31. The first-order valence-electron chi connectivity index (χ1n) is 6.42. The Labute approximate surface area is 122 Å². The molecule has 1 aromatic carbocycles. The van der Waals surface area contributed by atoms with Crippen LogP contribution in [0.15, 0.2) is 28.3 Å². The van der Waals surface area contributed by atoms with Gasteiger partial charge in [0.1, 0.15) is 17.5 Å². The number of oxime groups is 1. The number of hydrogen-bond acceptors (Lipinski definition) is 3. The van der Waals surface area contributed by atoms with E-state index >= 15 is 0 Å². The van der Waals surface area contributed by atoms with Crippen molar-refractivity contribution < 1.29 is 14.0 Å². The molecule has 1 rings (SSSR count). The van der Waals surface area contributed by atoms with Gasteiger partial charge in [-0.25, -0.2) is 8.78 Å². The number of nitrogens with two attached hydrogens (primary N) is 1. The summed E-state index contributed by atoms with van der Waals surface area (Å²) in [6.07, 6.45) is 2.49. The van der Waals surface area contributed by atoms with Crippen molar-refractivity contribution in [3.63, 3.8) is 0 Å². The van der Waals surface area contributed by atoms with Crippen LogP contribution in [0.5, 0.6) is 0 Å². The number of nitrogens with zero attached hydrogens (tertiary/aromatic N) is 1. The zero-order valence-corrected chi connectivity index (χ0v) is 12.5. The number of benzene rings is 1. The Bertz CT molecular complexity index is 478. The average Bonchev–Trinajstić information content (AvgIpc) is 2.41. The van der Waals surface area contributed by atoms with Crippen molar-refractivity contribution >= 4 is 17.6 Å². The van der Waals surface area contributed by atoms with E-state index in [1.165, 1.54) is 17.8 Å². The fourth-order valence-electron chi connectivity index (χ4n) is 1.70. The van der Waals surface area contributed by atoms with Crippen molar-refractivity contribution in [2.45, 2.75) is 38.0 Å². The molecule has 0 heterocycles. The molecule has 0 aromatic heterocycles. The van der Waals surface area contributed by atoms with Crippen LogP contribution in [0.25, 0.3) is 0 Å². The molecule has 20 heavy (non-hydrogen) atoms. The van der Waals surface area contributed by atoms with Crippen molar-refractivity contribution in [1.82, 2.24) is 0 Å². The molecule has 0 saturated heterocycles. The summed E-state index contributed by atoms with van der Waals surface area (Å²) in [5.41, 5.74) is 5.24. The van der Waals surface area contributed by atoms with Gasteiger partial charge >= 0.3 is 0 Å². The van der Waals surface area contributed by atoms with Crippen LogP contribution in [0.3, 0.4) is 0 Å². The summed E-state index contributed by atoms with van der Waals surface area (Å²) in [7, 11) is 0. The first kappa shape index (κ1) is 16.8. The van der Waals surface area contributed by atoms with Crippen LogP contribution >= 0.6 is 11.8 Å². The number of hydrogen-bond donors (Lipinski definition) is 2. The molecule has 3 nitrogen and oxygen atoms in total. The van der Waals surface area contributed by atoms with E-state index in [4.69, 9.17) is 10.9 Å². The molecule has 3 N–H and O–H groups in total. The smallest absolute Gasteiger partial charge is 0.144 e. The Balaban J connectivity index is 2.34. The Morgan fingerprint density at radius 2 is 2.05 bits per heavy atom. The molecule has 0 saturated carbocycles. The van der Waals surface area contributed by atoms with Gasteiger partial charge in [0.25, 0.3) is 0 Å². The zero-order valence-electron chi connectivity index (χ0n) is 11.7. The third-order valence-corrected chi connectivity index (χ3v) is 4.26. The van der Waals surface area contributed by atoms with Crippen LogP contribution in [0, 0.1) is 17.0 Å². The second-order valence-electron chi connectivity index (χ2n) is 5.25. The first-order valence-corrected chi connectivity index (χ1v) is 7.41. The highest BCUT2D eigenvalue weighted by Gasteiger charge is 2.22. The van der Waals surface area contributed by atoms with Gasteiger partial charge in [-0.05, 0) is 36.8 Å². The molecule has 0 radical (unpaired) electrons. The highest BCUT2D eigenvalue weighted by atomic mass is 32.2. The van der Waals surface area contributed by atoms with Crippen LogP contribution in [0.1, 0.15) is 33.1 Å². The first-order chi connectivity index (χ1) is 9.36. The van der Waals surface area contributed by atoms with Crippen LogP contribution < -0.4 is 5.73 Å². The summed E-state index contributed by atoms with van der Waals surface area (Å²) in [4.78, 5) is 0.334. The molecule has 0 atom stereocenters. The van der Waals surface area contributed by atoms with Crippen molar-refractivity contribution in [2.24, 2.45) is 16.3 Å². The minimum Gasteiger partial charge on any atom is -0.409 e. The molecule has 112 valence electrons. The molecule has 0 aliphatic rings. The van der Waals surface area contributed by atoms with E-state index in [2.05, 4.69) is 5.16 Å². The third kappa shape index (κ3) is 5.00. The fraction of sp³-hybridized carbons (Fsp3) is 0.500. The van der Waals surface area contributed by atoms with E-state index < -0.39 is 11.6 Å². The van der Waals surface area contributed by atoms with Crippen LogP contribution in [-0.2, 0) is 0 Å². The van der Waals surface area contributed by atoms with Gasteiger partial charge in [-0.3, -0.25) is 0 Å². The molecule has 0 amide bonds. The highest BCUT2D eigenvalue weighted by Crippen LogP contribution is 2.27. The van der Waals surface area contributed by atoms with E-state index in [9.17, 15) is 8.78 Å². The minimum atomic E-state index is -0.429. The van der Waals surface area contributed by atoms with Gasteiger partial charge in [0.05, 0.1) is 0 Å². The molecule has 0 spiro atoms. The van der Waals surface area contributed by atoms with Gasteiger partial charge in [0, 0.05) is 10.3 Å². The fourth-order valence-corrected chi connectivity index (χ4v) is 2.67. The van der Waals surface area contributed by atoms with Crippen molar-refractivity contribution in [3.05, 3.63) is 29.8 Å². The van der Waals surface area contributed by atoms with Gasteiger partial charge < -0.3 is 10.9 Å². The summed E-state index contributed by atoms with van der Waals surface area (Å²) in [6.45, 7) is 3.81. The minimum absolute atomic E-state index is 0.210. The molecule has 0 aliphatic heterocycles. The second kappa shape index (κ2) is 7.47. The van der Waals surface area contributed by atoms with Crippen LogP contribution in [0.4, 0.5) is 8.78 Å². The predicted molar refractivity (Wildman–Crippen MR) is 78.1 cm³/mol. The summed E-state index contributed by atoms with van der Waals surface area (Å²) in [5, 5.41) is 11.7. The second-order valence-corrected chi connectivity index (χ2v) is 6.39. The maximum Gasteiger partial charge on any atom is 0.144 e. The number of thioether (sulfide) groups is 1. The summed E-state index contributed by atoms with van der Waals surface area (Å²) in [5.74, 6) is 0.0868. The van der Waals surface area contributed by atoms with Gasteiger partial charge in [-0.1, -0.05) is 25.4 Å². The van der Waals surface area contributed by atoms with Gasteiger partial charge in [0.2, 0.25) is 0 Å². The van der Waals surface area contributed by atoms with Crippen molar-refractivity contribution in [1.29, 1.82) is 0 Å². The van der Waals surface area contributed by atoms with Gasteiger partial charge in [0.15, 0.2) is 0 Å². The van der Waals surface area contributed by atoms with E-state index in [0.29, 0.717) is 10.6 Å². The number of halogens is 2. The van der Waals surface area contributed by atoms with E-state index in [1.807, 2.05) is 13.8 Å². The summed E-state index contributed by atoms with van der Waals surface area (Å²) >= 11 is 1.30. The Morgan fingerprint density at radius 3 is 2.70 bits per heavy atom. The van der Waals surface area contributed by atoms with E-state index in [0.717, 1.165) is 31.4 Å². The lowest BCUT2D eigenvalue weighted by molar-refractivity contribution is 0.304. The molecular weight excluding hydrogens is 282 g/mol. The molecule has 0 unspecified atom stereocenters. The van der Waals surface area contributed by atoms with E-state index in [1.54, 1.807) is 0 Å². The molecule has 0 bridgehead atoms. The van der Waals surface area contributed by atoms with Gasteiger partial charge in [-0.15, -0.1) is 11.8 Å². The maximum absolute atomic E-state index is 13.4. The number of unbranched alkanes of at least 4 members (excludes halogenated alkanes) is 1. The van der Waals surface area contributed by atoms with Crippen molar-refractivity contribution in [3.8, 4) is 0 Å². The van der Waals surface area contributed by atoms with E-state index in [-0.39, 0.29) is 11.3 Å². The largest absolute Gasteiger partial charge is 0.409 e. The normalized spacial score (nSPS) is 12.7. The summed E-state index contributed by atoms with van der Waals surface area (Å²) < 4.78 is 26.3. The third-order valence-electron chi connectivity index (χ3n) is 3.15.